The van der Waals surface area contributed by atoms with Crippen molar-refractivity contribution in [2.75, 3.05) is 17.6 Å². The Balaban J connectivity index is 2.56. The summed E-state index contributed by atoms with van der Waals surface area (Å²) in [4.78, 5) is 4.32. The van der Waals surface area contributed by atoms with Crippen LogP contribution in [0.25, 0.3) is 10.9 Å². The average molecular weight is 199 g/mol. The molecule has 1 aromatic heterocycles. The van der Waals surface area contributed by atoms with E-state index in [0.717, 1.165) is 28.8 Å². The summed E-state index contributed by atoms with van der Waals surface area (Å²) < 4.78 is 0. The highest BCUT2D eigenvalue weighted by atomic mass is 14.9. The van der Waals surface area contributed by atoms with Gasteiger partial charge in [-0.05, 0) is 24.3 Å². The van der Waals surface area contributed by atoms with E-state index < -0.39 is 0 Å². The van der Waals surface area contributed by atoms with Crippen LogP contribution in [0.2, 0.25) is 0 Å². The molecule has 0 spiro atoms. The van der Waals surface area contributed by atoms with Gasteiger partial charge in [0.2, 0.25) is 0 Å². The van der Waals surface area contributed by atoms with E-state index in [-0.39, 0.29) is 0 Å². The molecule has 1 heterocycles. The van der Waals surface area contributed by atoms with Gasteiger partial charge in [0.15, 0.2) is 0 Å². The zero-order valence-corrected chi connectivity index (χ0v) is 8.40. The molecule has 0 unspecified atom stereocenters. The number of anilines is 2. The Kier molecular flexibility index (Phi) is 2.54. The molecule has 1 aromatic carbocycles. The van der Waals surface area contributed by atoms with E-state index in [1.54, 1.807) is 6.20 Å². The Morgan fingerprint density at radius 2 is 2.27 bits per heavy atom. The van der Waals surface area contributed by atoms with Gasteiger partial charge in [-0.3, -0.25) is 4.98 Å². The van der Waals surface area contributed by atoms with E-state index in [0.29, 0.717) is 0 Å². The van der Waals surface area contributed by atoms with Gasteiger partial charge in [-0.25, -0.2) is 0 Å². The van der Waals surface area contributed by atoms with E-state index in [1.165, 1.54) is 0 Å². The predicted molar refractivity (Wildman–Crippen MR) is 64.8 cm³/mol. The first-order valence-corrected chi connectivity index (χ1v) is 4.81. The second-order valence-electron chi connectivity index (χ2n) is 3.27. The summed E-state index contributed by atoms with van der Waals surface area (Å²) in [6.07, 6.45) is 3.58. The third kappa shape index (κ3) is 1.76. The smallest absolute Gasteiger partial charge is 0.0953 e. The first-order chi connectivity index (χ1) is 7.33. The largest absolute Gasteiger partial charge is 0.398 e. The van der Waals surface area contributed by atoms with Gasteiger partial charge in [0, 0.05) is 23.8 Å². The van der Waals surface area contributed by atoms with Crippen LogP contribution in [-0.4, -0.2) is 11.5 Å². The Labute approximate surface area is 88.6 Å². The van der Waals surface area contributed by atoms with Crippen LogP contribution in [0.3, 0.4) is 0 Å². The number of aromatic nitrogens is 1. The topological polar surface area (TPSA) is 50.9 Å². The summed E-state index contributed by atoms with van der Waals surface area (Å²) in [7, 11) is 0. The molecule has 0 radical (unpaired) electrons. The van der Waals surface area contributed by atoms with E-state index in [1.807, 2.05) is 30.3 Å². The molecule has 0 saturated carbocycles. The maximum absolute atomic E-state index is 5.87. The molecular weight excluding hydrogens is 186 g/mol. The summed E-state index contributed by atoms with van der Waals surface area (Å²) in [5.74, 6) is 0. The van der Waals surface area contributed by atoms with Crippen molar-refractivity contribution in [3.05, 3.63) is 43.1 Å². The fraction of sp³-hybridized carbons (Fsp3) is 0.0833. The quantitative estimate of drug-likeness (QED) is 0.589. The van der Waals surface area contributed by atoms with Crippen LogP contribution >= 0.6 is 0 Å². The number of fused-ring (bicyclic) bond motifs is 1. The highest BCUT2D eigenvalue weighted by molar-refractivity contribution is 5.98. The third-order valence-electron chi connectivity index (χ3n) is 2.24. The molecular formula is C12H13N3. The zero-order chi connectivity index (χ0) is 10.7. The second-order valence-corrected chi connectivity index (χ2v) is 3.27. The van der Waals surface area contributed by atoms with E-state index >= 15 is 0 Å². The Hall–Kier alpha value is -2.03. The summed E-state index contributed by atoms with van der Waals surface area (Å²) in [5, 5.41) is 4.21. The monoisotopic (exact) mass is 199 g/mol. The molecule has 3 nitrogen and oxygen atoms in total. The number of nitrogens with two attached hydrogens (primary N) is 1. The number of nitrogen functional groups attached to an aromatic ring is 1. The van der Waals surface area contributed by atoms with Crippen molar-refractivity contribution in [3.8, 4) is 0 Å². The number of nitrogens with zero attached hydrogens (tertiary/aromatic N) is 1. The molecule has 0 atom stereocenters. The molecule has 0 amide bonds. The zero-order valence-electron chi connectivity index (χ0n) is 8.40. The molecule has 0 bridgehead atoms. The number of benzene rings is 1. The second kappa shape index (κ2) is 4.00. The van der Waals surface area contributed by atoms with Crippen molar-refractivity contribution in [1.82, 2.24) is 4.98 Å². The van der Waals surface area contributed by atoms with Gasteiger partial charge in [0.25, 0.3) is 0 Å². The lowest BCUT2D eigenvalue weighted by atomic mass is 10.1. The van der Waals surface area contributed by atoms with Crippen LogP contribution in [0.5, 0.6) is 0 Å². The van der Waals surface area contributed by atoms with Crippen LogP contribution < -0.4 is 11.1 Å². The molecule has 15 heavy (non-hydrogen) atoms. The predicted octanol–water partition coefficient (Wildman–Crippen LogP) is 2.41. The summed E-state index contributed by atoms with van der Waals surface area (Å²) in [5.41, 5.74) is 8.51. The van der Waals surface area contributed by atoms with Gasteiger partial charge >= 0.3 is 0 Å². The van der Waals surface area contributed by atoms with E-state index in [9.17, 15) is 0 Å². The van der Waals surface area contributed by atoms with Crippen molar-refractivity contribution in [1.29, 1.82) is 0 Å². The SMILES string of the molecule is C=CCNc1ccc(N)c2cccnc12. The Bertz CT molecular complexity index is 491. The van der Waals surface area contributed by atoms with Crippen molar-refractivity contribution >= 4 is 22.3 Å². The lowest BCUT2D eigenvalue weighted by molar-refractivity contribution is 1.33. The van der Waals surface area contributed by atoms with Crippen LogP contribution in [0, 0.1) is 0 Å². The number of rotatable bonds is 3. The van der Waals surface area contributed by atoms with Crippen molar-refractivity contribution in [2.45, 2.75) is 0 Å². The lowest BCUT2D eigenvalue weighted by Gasteiger charge is -2.08. The minimum absolute atomic E-state index is 0.718. The van der Waals surface area contributed by atoms with Crippen molar-refractivity contribution < 1.29 is 0 Å². The van der Waals surface area contributed by atoms with Gasteiger partial charge in [0.05, 0.1) is 11.2 Å². The standard InChI is InChI=1S/C12H13N3/c1-2-7-14-11-6-5-10(13)9-4-3-8-15-12(9)11/h2-6,8,14H,1,7,13H2. The number of nitrogens with one attached hydrogen (secondary N) is 1. The lowest BCUT2D eigenvalue weighted by Crippen LogP contribution is -2.00. The number of pyridine rings is 1. The van der Waals surface area contributed by atoms with E-state index in [4.69, 9.17) is 5.73 Å². The van der Waals surface area contributed by atoms with E-state index in [2.05, 4.69) is 16.9 Å². The van der Waals surface area contributed by atoms with Crippen LogP contribution in [0.4, 0.5) is 11.4 Å². The molecule has 0 aliphatic carbocycles. The fourth-order valence-electron chi connectivity index (χ4n) is 1.52. The third-order valence-corrected chi connectivity index (χ3v) is 2.24. The van der Waals surface area contributed by atoms with Gasteiger partial charge in [-0.1, -0.05) is 6.08 Å². The molecule has 3 N–H and O–H groups in total. The minimum atomic E-state index is 0.718. The van der Waals surface area contributed by atoms with Crippen LogP contribution in [-0.2, 0) is 0 Å². The van der Waals surface area contributed by atoms with Crippen LogP contribution in [0.1, 0.15) is 0 Å². The minimum Gasteiger partial charge on any atom is -0.398 e. The molecule has 0 aliphatic heterocycles. The van der Waals surface area contributed by atoms with Crippen molar-refractivity contribution in [3.63, 3.8) is 0 Å². The van der Waals surface area contributed by atoms with Crippen LogP contribution in [0.15, 0.2) is 43.1 Å². The maximum atomic E-state index is 5.87. The normalized spacial score (nSPS) is 10.1. The Morgan fingerprint density at radius 3 is 3.07 bits per heavy atom. The molecule has 0 saturated heterocycles. The molecule has 3 heteroatoms. The fourth-order valence-corrected chi connectivity index (χ4v) is 1.52. The average Bonchev–Trinajstić information content (AvgIpc) is 2.29. The van der Waals surface area contributed by atoms with Gasteiger partial charge in [-0.2, -0.15) is 0 Å². The number of hydrogen-bond acceptors (Lipinski definition) is 3. The first-order valence-electron chi connectivity index (χ1n) is 4.81. The first kappa shape index (κ1) is 9.52. The van der Waals surface area contributed by atoms with Crippen molar-refractivity contribution in [2.24, 2.45) is 0 Å². The highest BCUT2D eigenvalue weighted by Gasteiger charge is 2.03. The molecule has 76 valence electrons. The summed E-state index contributed by atoms with van der Waals surface area (Å²) >= 11 is 0. The van der Waals surface area contributed by atoms with Gasteiger partial charge < -0.3 is 11.1 Å². The molecule has 2 aromatic rings. The molecule has 0 aliphatic rings. The molecule has 2 rings (SSSR count). The van der Waals surface area contributed by atoms with Gasteiger partial charge in [-0.15, -0.1) is 6.58 Å². The van der Waals surface area contributed by atoms with Gasteiger partial charge in [0.1, 0.15) is 0 Å². The summed E-state index contributed by atoms with van der Waals surface area (Å²) in [6, 6.07) is 7.68. The maximum Gasteiger partial charge on any atom is 0.0953 e. The summed E-state index contributed by atoms with van der Waals surface area (Å²) in [6.45, 7) is 4.38. The molecule has 0 fully saturated rings. The number of hydrogen-bond donors (Lipinski definition) is 2. The highest BCUT2D eigenvalue weighted by Crippen LogP contribution is 2.25. The Morgan fingerprint density at radius 1 is 1.40 bits per heavy atom.